The van der Waals surface area contributed by atoms with E-state index < -0.39 is 17.4 Å². The highest BCUT2D eigenvalue weighted by Gasteiger charge is 2.56. The van der Waals surface area contributed by atoms with E-state index in [0.29, 0.717) is 11.4 Å². The number of hydrogen-bond donors (Lipinski definition) is 2. The van der Waals surface area contributed by atoms with E-state index in [1.54, 1.807) is 17.0 Å². The summed E-state index contributed by atoms with van der Waals surface area (Å²) < 4.78 is 0. The van der Waals surface area contributed by atoms with Gasteiger partial charge in [0.25, 0.3) is 0 Å². The fourth-order valence-electron chi connectivity index (χ4n) is 2.94. The predicted molar refractivity (Wildman–Crippen MR) is 82.0 cm³/mol. The molecule has 2 unspecified atom stereocenters. The van der Waals surface area contributed by atoms with Crippen LogP contribution in [0.5, 0.6) is 0 Å². The van der Waals surface area contributed by atoms with Gasteiger partial charge >= 0.3 is 5.97 Å². The van der Waals surface area contributed by atoms with Crippen molar-refractivity contribution in [2.75, 3.05) is 11.5 Å². The Morgan fingerprint density at radius 3 is 2.48 bits per heavy atom. The maximum Gasteiger partial charge on any atom is 0.327 e. The summed E-state index contributed by atoms with van der Waals surface area (Å²) in [5.41, 5.74) is 6.76. The summed E-state index contributed by atoms with van der Waals surface area (Å²) in [4.78, 5) is 25.9. The molecule has 0 aromatic heterocycles. The Bertz CT molecular complexity index is 583. The number of anilines is 1. The molecule has 1 aromatic carbocycles. The van der Waals surface area contributed by atoms with E-state index in [1.807, 2.05) is 19.1 Å². The number of benzene rings is 1. The van der Waals surface area contributed by atoms with Gasteiger partial charge in [0.2, 0.25) is 5.91 Å². The van der Waals surface area contributed by atoms with Crippen LogP contribution in [0.15, 0.2) is 24.3 Å². The topological polar surface area (TPSA) is 83.6 Å². The minimum atomic E-state index is -0.923. The summed E-state index contributed by atoms with van der Waals surface area (Å²) in [5, 5.41) is 9.23. The van der Waals surface area contributed by atoms with Crippen molar-refractivity contribution >= 4 is 29.3 Å². The van der Waals surface area contributed by atoms with Crippen LogP contribution in [0.25, 0.3) is 0 Å². The Labute approximate surface area is 127 Å². The molecular formula is C15H18N2O3S. The number of carbonyl (C=O) groups is 2. The SMILES string of the molecule is CC1SCC(C(=O)O)N1C(=O)C1(c2ccc(N)cc2)CC1. The van der Waals surface area contributed by atoms with Crippen molar-refractivity contribution in [1.29, 1.82) is 0 Å². The molecule has 1 aliphatic carbocycles. The van der Waals surface area contributed by atoms with Crippen molar-refractivity contribution in [3.8, 4) is 0 Å². The Balaban J connectivity index is 1.90. The molecule has 0 spiro atoms. The first-order valence-electron chi connectivity index (χ1n) is 6.99. The Hall–Kier alpha value is -1.69. The number of carbonyl (C=O) groups excluding carboxylic acids is 1. The number of nitrogens with two attached hydrogens (primary N) is 1. The van der Waals surface area contributed by atoms with Gasteiger partial charge in [-0.2, -0.15) is 0 Å². The molecule has 1 saturated heterocycles. The molecule has 112 valence electrons. The number of carboxylic acids is 1. The molecule has 1 heterocycles. The number of nitrogen functional groups attached to an aromatic ring is 1. The van der Waals surface area contributed by atoms with Crippen LogP contribution in [0.4, 0.5) is 5.69 Å². The summed E-state index contributed by atoms with van der Waals surface area (Å²) in [5.74, 6) is -0.523. The van der Waals surface area contributed by atoms with Crippen molar-refractivity contribution in [2.45, 2.75) is 36.6 Å². The van der Waals surface area contributed by atoms with Crippen LogP contribution in [-0.4, -0.2) is 39.1 Å². The summed E-state index contributed by atoms with van der Waals surface area (Å²) >= 11 is 1.52. The molecule has 2 fully saturated rings. The van der Waals surface area contributed by atoms with Gasteiger partial charge < -0.3 is 15.7 Å². The molecule has 2 atom stereocenters. The van der Waals surface area contributed by atoms with E-state index in [-0.39, 0.29) is 11.3 Å². The largest absolute Gasteiger partial charge is 0.480 e. The van der Waals surface area contributed by atoms with Crippen molar-refractivity contribution in [1.82, 2.24) is 4.90 Å². The molecule has 5 nitrogen and oxygen atoms in total. The second kappa shape index (κ2) is 4.94. The van der Waals surface area contributed by atoms with E-state index in [0.717, 1.165) is 18.4 Å². The van der Waals surface area contributed by atoms with Crippen LogP contribution in [0.3, 0.4) is 0 Å². The fraction of sp³-hybridized carbons (Fsp3) is 0.467. The van der Waals surface area contributed by atoms with Crippen molar-refractivity contribution in [3.63, 3.8) is 0 Å². The highest BCUT2D eigenvalue weighted by atomic mass is 32.2. The zero-order valence-electron chi connectivity index (χ0n) is 11.8. The molecule has 0 radical (unpaired) electrons. The third-order valence-corrected chi connectivity index (χ3v) is 5.58. The van der Waals surface area contributed by atoms with E-state index in [2.05, 4.69) is 0 Å². The number of nitrogens with zero attached hydrogens (tertiary/aromatic N) is 1. The van der Waals surface area contributed by atoms with Gasteiger partial charge in [0.1, 0.15) is 6.04 Å². The van der Waals surface area contributed by atoms with Crippen LogP contribution in [-0.2, 0) is 15.0 Å². The van der Waals surface area contributed by atoms with Gasteiger partial charge in [0, 0.05) is 11.4 Å². The molecule has 1 saturated carbocycles. The number of amides is 1. The average Bonchev–Trinajstić information content (AvgIpc) is 3.16. The Morgan fingerprint density at radius 1 is 1.33 bits per heavy atom. The normalized spacial score (nSPS) is 26.6. The van der Waals surface area contributed by atoms with Crippen LogP contribution >= 0.6 is 11.8 Å². The van der Waals surface area contributed by atoms with Crippen molar-refractivity contribution in [3.05, 3.63) is 29.8 Å². The molecule has 6 heteroatoms. The highest BCUT2D eigenvalue weighted by molar-refractivity contribution is 8.00. The first kappa shape index (κ1) is 14.3. The third-order valence-electron chi connectivity index (χ3n) is 4.37. The first-order valence-corrected chi connectivity index (χ1v) is 8.04. The molecule has 1 aromatic rings. The molecular weight excluding hydrogens is 288 g/mol. The van der Waals surface area contributed by atoms with Crippen molar-refractivity contribution in [2.24, 2.45) is 0 Å². The first-order chi connectivity index (χ1) is 9.95. The minimum Gasteiger partial charge on any atom is -0.480 e. The second-order valence-corrected chi connectivity index (χ2v) is 7.05. The van der Waals surface area contributed by atoms with E-state index in [4.69, 9.17) is 5.73 Å². The lowest BCUT2D eigenvalue weighted by molar-refractivity contribution is -0.150. The average molecular weight is 306 g/mol. The molecule has 3 N–H and O–H groups in total. The maximum absolute atomic E-state index is 13.0. The number of hydrogen-bond acceptors (Lipinski definition) is 4. The lowest BCUT2D eigenvalue weighted by Gasteiger charge is -2.29. The van der Waals surface area contributed by atoms with Crippen molar-refractivity contribution < 1.29 is 14.7 Å². The standard InChI is InChI=1S/C15H18N2O3S/c1-9-17(12(8-21-9)13(18)19)14(20)15(6-7-15)10-2-4-11(16)5-3-10/h2-5,9,12H,6-8,16H2,1H3,(H,18,19). The summed E-state index contributed by atoms with van der Waals surface area (Å²) in [6.45, 7) is 1.89. The van der Waals surface area contributed by atoms with Crippen LogP contribution < -0.4 is 5.73 Å². The third kappa shape index (κ3) is 2.27. The monoisotopic (exact) mass is 306 g/mol. The van der Waals surface area contributed by atoms with E-state index in [9.17, 15) is 14.7 Å². The number of thioether (sulfide) groups is 1. The summed E-state index contributed by atoms with van der Waals surface area (Å²) in [6, 6.07) is 6.62. The quantitative estimate of drug-likeness (QED) is 0.830. The smallest absolute Gasteiger partial charge is 0.327 e. The molecule has 0 bridgehead atoms. The lowest BCUT2D eigenvalue weighted by atomic mass is 9.93. The van der Waals surface area contributed by atoms with E-state index in [1.165, 1.54) is 11.8 Å². The predicted octanol–water partition coefficient (Wildman–Crippen LogP) is 1.67. The zero-order valence-corrected chi connectivity index (χ0v) is 12.6. The van der Waals surface area contributed by atoms with Gasteiger partial charge in [-0.25, -0.2) is 4.79 Å². The van der Waals surface area contributed by atoms with Crippen LogP contribution in [0.1, 0.15) is 25.3 Å². The Morgan fingerprint density at radius 2 is 1.95 bits per heavy atom. The maximum atomic E-state index is 13.0. The van der Waals surface area contributed by atoms with Crippen LogP contribution in [0.2, 0.25) is 0 Å². The summed E-state index contributed by atoms with van der Waals surface area (Å²) in [6.07, 6.45) is 1.55. The van der Waals surface area contributed by atoms with Crippen LogP contribution in [0, 0.1) is 0 Å². The van der Waals surface area contributed by atoms with Gasteiger partial charge in [0.05, 0.1) is 10.8 Å². The van der Waals surface area contributed by atoms with Gasteiger partial charge in [-0.3, -0.25) is 4.79 Å². The van der Waals surface area contributed by atoms with Gasteiger partial charge in [-0.15, -0.1) is 11.8 Å². The van der Waals surface area contributed by atoms with Gasteiger partial charge in [-0.1, -0.05) is 12.1 Å². The number of rotatable bonds is 3. The van der Waals surface area contributed by atoms with E-state index >= 15 is 0 Å². The minimum absolute atomic E-state index is 0.0582. The zero-order chi connectivity index (χ0) is 15.2. The molecule has 1 aliphatic heterocycles. The number of aliphatic carboxylic acids is 1. The van der Waals surface area contributed by atoms with Gasteiger partial charge in [-0.05, 0) is 37.5 Å². The highest BCUT2D eigenvalue weighted by Crippen LogP contribution is 2.51. The second-order valence-electron chi connectivity index (χ2n) is 5.70. The van der Waals surface area contributed by atoms with Gasteiger partial charge in [0.15, 0.2) is 0 Å². The Kier molecular flexibility index (Phi) is 3.36. The molecule has 3 rings (SSSR count). The fourth-order valence-corrected chi connectivity index (χ4v) is 4.11. The number of carboxylic acid groups (broad SMARTS) is 1. The molecule has 21 heavy (non-hydrogen) atoms. The summed E-state index contributed by atoms with van der Waals surface area (Å²) in [7, 11) is 0. The molecule has 1 amide bonds. The lowest BCUT2D eigenvalue weighted by Crippen LogP contribution is -2.49. The molecule has 2 aliphatic rings.